The molecule has 1 saturated heterocycles. The van der Waals surface area contributed by atoms with E-state index in [0.717, 1.165) is 30.5 Å². The zero-order valence-corrected chi connectivity index (χ0v) is 14.9. The quantitative estimate of drug-likeness (QED) is 0.855. The van der Waals surface area contributed by atoms with Crippen molar-refractivity contribution in [2.75, 3.05) is 6.54 Å². The summed E-state index contributed by atoms with van der Waals surface area (Å²) < 4.78 is 38.7. The van der Waals surface area contributed by atoms with Crippen LogP contribution in [0.2, 0.25) is 0 Å². The maximum atomic E-state index is 12.9. The predicted molar refractivity (Wildman–Crippen MR) is 94.2 cm³/mol. The van der Waals surface area contributed by atoms with Crippen LogP contribution < -0.4 is 0 Å². The molecule has 2 aromatic rings. The number of aliphatic carboxylic acids is 1. The molecule has 1 aliphatic heterocycles. The van der Waals surface area contributed by atoms with E-state index in [9.17, 15) is 23.1 Å². The molecule has 2 heterocycles. The fourth-order valence-corrected chi connectivity index (χ4v) is 3.56. The Morgan fingerprint density at radius 2 is 1.89 bits per heavy atom. The molecular weight excluding hydrogens is 357 g/mol. The summed E-state index contributed by atoms with van der Waals surface area (Å²) in [6.07, 6.45) is -0.559. The highest BCUT2D eigenvalue weighted by Gasteiger charge is 2.36. The van der Waals surface area contributed by atoms with E-state index in [0.29, 0.717) is 24.2 Å². The zero-order chi connectivity index (χ0) is 19.6. The first-order valence-corrected chi connectivity index (χ1v) is 8.85. The average Bonchev–Trinajstić information content (AvgIpc) is 2.63. The van der Waals surface area contributed by atoms with Crippen molar-refractivity contribution in [2.24, 2.45) is 0 Å². The van der Waals surface area contributed by atoms with Gasteiger partial charge in [0.05, 0.1) is 17.3 Å². The molecule has 1 aromatic carbocycles. The van der Waals surface area contributed by atoms with Gasteiger partial charge in [-0.25, -0.2) is 0 Å². The summed E-state index contributed by atoms with van der Waals surface area (Å²) in [6, 6.07) is 7.41. The number of aromatic nitrogens is 1. The van der Waals surface area contributed by atoms with Crippen molar-refractivity contribution < 1.29 is 23.1 Å². The first-order valence-electron chi connectivity index (χ1n) is 8.85. The lowest BCUT2D eigenvalue weighted by Gasteiger charge is -2.39. The normalized spacial score (nSPS) is 19.6. The first kappa shape index (κ1) is 19.4. The molecule has 0 amide bonds. The van der Waals surface area contributed by atoms with Crippen molar-refractivity contribution in [3.05, 3.63) is 65.0 Å². The summed E-state index contributed by atoms with van der Waals surface area (Å²) in [5.74, 6) is -0.918. The number of likely N-dealkylation sites (tertiary alicyclic amines) is 1. The monoisotopic (exact) mass is 378 g/mol. The van der Waals surface area contributed by atoms with Crippen molar-refractivity contribution >= 4 is 5.97 Å². The maximum Gasteiger partial charge on any atom is 0.416 e. The molecule has 1 aliphatic rings. The molecule has 1 aromatic heterocycles. The van der Waals surface area contributed by atoms with E-state index >= 15 is 0 Å². The van der Waals surface area contributed by atoms with Crippen molar-refractivity contribution in [1.82, 2.24) is 9.88 Å². The Morgan fingerprint density at radius 1 is 1.19 bits per heavy atom. The Bertz CT molecular complexity index is 788. The van der Waals surface area contributed by atoms with E-state index < -0.39 is 29.8 Å². The second-order valence-electron chi connectivity index (χ2n) is 6.87. The van der Waals surface area contributed by atoms with Crippen LogP contribution in [0.4, 0.5) is 13.2 Å². The second-order valence-corrected chi connectivity index (χ2v) is 6.87. The number of aryl methyl sites for hydroxylation is 1. The SMILES string of the molecule is Cc1ccc(C(c2ccc(C(F)(F)F)cc2)N2CCCCC2C(=O)O)nc1. The van der Waals surface area contributed by atoms with Gasteiger partial charge in [-0.2, -0.15) is 13.2 Å². The van der Waals surface area contributed by atoms with Crippen LogP contribution in [0.15, 0.2) is 42.6 Å². The van der Waals surface area contributed by atoms with Crippen LogP contribution in [0.25, 0.3) is 0 Å². The van der Waals surface area contributed by atoms with Crippen molar-refractivity contribution in [3.8, 4) is 0 Å². The van der Waals surface area contributed by atoms with Gasteiger partial charge in [0, 0.05) is 6.20 Å². The van der Waals surface area contributed by atoms with Crippen LogP contribution in [0.1, 0.15) is 47.7 Å². The molecule has 2 unspecified atom stereocenters. The highest BCUT2D eigenvalue weighted by molar-refractivity contribution is 5.73. The lowest BCUT2D eigenvalue weighted by molar-refractivity contribution is -0.145. The van der Waals surface area contributed by atoms with Gasteiger partial charge in [-0.05, 0) is 55.6 Å². The third-order valence-electron chi connectivity index (χ3n) is 4.93. The average molecular weight is 378 g/mol. The van der Waals surface area contributed by atoms with E-state index in [4.69, 9.17) is 0 Å². The van der Waals surface area contributed by atoms with Gasteiger partial charge in [-0.15, -0.1) is 0 Å². The summed E-state index contributed by atoms with van der Waals surface area (Å²) in [7, 11) is 0. The predicted octanol–water partition coefficient (Wildman–Crippen LogP) is 4.44. The van der Waals surface area contributed by atoms with Crippen LogP contribution in [0, 0.1) is 6.92 Å². The number of benzene rings is 1. The number of rotatable bonds is 4. The fourth-order valence-electron chi connectivity index (χ4n) is 3.56. The summed E-state index contributed by atoms with van der Waals surface area (Å²) >= 11 is 0. The molecule has 2 atom stereocenters. The third kappa shape index (κ3) is 4.30. The highest BCUT2D eigenvalue weighted by atomic mass is 19.4. The standard InChI is InChI=1S/C20H21F3N2O2/c1-13-5-10-16(24-12-13)18(25-11-3-2-4-17(25)19(26)27)14-6-8-15(9-7-14)20(21,22)23/h5-10,12,17-18H,2-4,11H2,1H3,(H,26,27). The number of carboxylic acid groups (broad SMARTS) is 1. The van der Waals surface area contributed by atoms with Crippen molar-refractivity contribution in [2.45, 2.75) is 44.4 Å². The Balaban J connectivity index is 2.04. The molecule has 27 heavy (non-hydrogen) atoms. The Hall–Kier alpha value is -2.41. The molecule has 0 radical (unpaired) electrons. The fraction of sp³-hybridized carbons (Fsp3) is 0.400. The molecule has 1 N–H and O–H groups in total. The summed E-state index contributed by atoms with van der Waals surface area (Å²) in [6.45, 7) is 2.45. The molecule has 1 fully saturated rings. The Morgan fingerprint density at radius 3 is 2.44 bits per heavy atom. The number of carboxylic acids is 1. The van der Waals surface area contributed by atoms with Crippen LogP contribution in [0.5, 0.6) is 0 Å². The molecule has 0 aliphatic carbocycles. The van der Waals surface area contributed by atoms with Gasteiger partial charge in [0.25, 0.3) is 0 Å². The Kier molecular flexibility index (Phi) is 5.51. The second kappa shape index (κ2) is 7.68. The van der Waals surface area contributed by atoms with Crippen molar-refractivity contribution in [1.29, 1.82) is 0 Å². The topological polar surface area (TPSA) is 53.4 Å². The van der Waals surface area contributed by atoms with Crippen molar-refractivity contribution in [3.63, 3.8) is 0 Å². The Labute approximate surface area is 155 Å². The minimum atomic E-state index is -4.41. The lowest BCUT2D eigenvalue weighted by Crippen LogP contribution is -2.47. The lowest BCUT2D eigenvalue weighted by atomic mass is 9.93. The van der Waals surface area contributed by atoms with Crippen LogP contribution in [-0.4, -0.2) is 33.5 Å². The van der Waals surface area contributed by atoms with E-state index in [-0.39, 0.29) is 0 Å². The maximum absolute atomic E-state index is 12.9. The molecule has 4 nitrogen and oxygen atoms in total. The number of carbonyl (C=O) groups is 1. The molecule has 144 valence electrons. The molecule has 0 saturated carbocycles. The van der Waals surface area contributed by atoms with E-state index in [1.807, 2.05) is 24.0 Å². The third-order valence-corrected chi connectivity index (χ3v) is 4.93. The van der Waals surface area contributed by atoms with Crippen LogP contribution >= 0.6 is 0 Å². The number of nitrogens with zero attached hydrogens (tertiary/aromatic N) is 2. The van der Waals surface area contributed by atoms with Gasteiger partial charge in [-0.3, -0.25) is 14.7 Å². The van der Waals surface area contributed by atoms with Gasteiger partial charge in [-0.1, -0.05) is 24.6 Å². The van der Waals surface area contributed by atoms with Gasteiger partial charge in [0.2, 0.25) is 0 Å². The van der Waals surface area contributed by atoms with Gasteiger partial charge >= 0.3 is 12.1 Å². The minimum absolute atomic E-state index is 0.505. The van der Waals surface area contributed by atoms with Gasteiger partial charge < -0.3 is 5.11 Å². The summed E-state index contributed by atoms with van der Waals surface area (Å²) in [4.78, 5) is 18.0. The minimum Gasteiger partial charge on any atom is -0.480 e. The van der Waals surface area contributed by atoms with E-state index in [1.165, 1.54) is 12.1 Å². The van der Waals surface area contributed by atoms with E-state index in [1.54, 1.807) is 6.20 Å². The number of alkyl halides is 3. The number of halogens is 3. The molecule has 7 heteroatoms. The van der Waals surface area contributed by atoms with Crippen LogP contribution in [-0.2, 0) is 11.0 Å². The molecule has 3 rings (SSSR count). The molecule has 0 spiro atoms. The van der Waals surface area contributed by atoms with Gasteiger partial charge in [0.15, 0.2) is 0 Å². The number of piperidine rings is 1. The zero-order valence-electron chi connectivity index (χ0n) is 14.9. The summed E-state index contributed by atoms with van der Waals surface area (Å²) in [5.41, 5.74) is 1.47. The molecular formula is C20H21F3N2O2. The van der Waals surface area contributed by atoms with E-state index in [2.05, 4.69) is 4.98 Å². The largest absolute Gasteiger partial charge is 0.480 e. The first-order chi connectivity index (χ1) is 12.8. The number of pyridine rings is 1. The van der Waals surface area contributed by atoms with Gasteiger partial charge in [0.1, 0.15) is 6.04 Å². The smallest absolute Gasteiger partial charge is 0.416 e. The summed E-state index contributed by atoms with van der Waals surface area (Å²) in [5, 5.41) is 9.64. The number of hydrogen-bond acceptors (Lipinski definition) is 3. The molecule has 0 bridgehead atoms. The number of hydrogen-bond donors (Lipinski definition) is 1. The highest BCUT2D eigenvalue weighted by Crippen LogP contribution is 2.35. The van der Waals surface area contributed by atoms with Crippen LogP contribution in [0.3, 0.4) is 0 Å².